The number of rotatable bonds is 13. The monoisotopic (exact) mass is 516 g/mol. The Balaban J connectivity index is 1.35. The zero-order valence-corrected chi connectivity index (χ0v) is 22.4. The van der Waals surface area contributed by atoms with Gasteiger partial charge in [0.05, 0.1) is 24.5 Å². The van der Waals surface area contributed by atoms with Crippen LogP contribution in [0.25, 0.3) is 0 Å². The molecule has 2 aliphatic heterocycles. The molecule has 4 unspecified atom stereocenters. The Hall–Kier alpha value is -2.32. The molecule has 0 aliphatic carbocycles. The van der Waals surface area contributed by atoms with Gasteiger partial charge in [0, 0.05) is 23.8 Å². The Labute approximate surface area is 218 Å². The maximum Gasteiger partial charge on any atom is 0.303 e. The maximum absolute atomic E-state index is 12.4. The molecule has 2 saturated heterocycles. The second kappa shape index (κ2) is 13.3. The first-order valence-electron chi connectivity index (χ1n) is 12.9. The van der Waals surface area contributed by atoms with Gasteiger partial charge in [-0.25, -0.2) is 0 Å². The summed E-state index contributed by atoms with van der Waals surface area (Å²) in [6, 6.07) is 8.25. The lowest BCUT2D eigenvalue weighted by Gasteiger charge is -2.27. The average molecular weight is 517 g/mol. The number of nitrogens with one attached hydrogen (secondary N) is 2. The molecule has 198 valence electrons. The Morgan fingerprint density at radius 2 is 1.72 bits per heavy atom. The van der Waals surface area contributed by atoms with Crippen LogP contribution in [0.1, 0.15) is 64.9 Å². The first-order chi connectivity index (χ1) is 17.1. The number of ether oxygens (including phenoxy) is 1. The van der Waals surface area contributed by atoms with Crippen molar-refractivity contribution in [2.24, 2.45) is 11.8 Å². The molecule has 2 aliphatic rings. The summed E-state index contributed by atoms with van der Waals surface area (Å²) in [5.74, 6) is -0.225. The van der Waals surface area contributed by atoms with E-state index in [1.165, 1.54) is 17.3 Å². The van der Waals surface area contributed by atoms with E-state index >= 15 is 0 Å². The minimum absolute atomic E-state index is 0.0296. The summed E-state index contributed by atoms with van der Waals surface area (Å²) in [5.41, 5.74) is 1.35. The van der Waals surface area contributed by atoms with E-state index in [1.54, 1.807) is 0 Å². The van der Waals surface area contributed by atoms with Crippen LogP contribution in [0.3, 0.4) is 0 Å². The van der Waals surface area contributed by atoms with Crippen LogP contribution in [0.4, 0.5) is 0 Å². The summed E-state index contributed by atoms with van der Waals surface area (Å²) in [6.07, 6.45) is 9.13. The third-order valence-electron chi connectivity index (χ3n) is 7.00. The summed E-state index contributed by atoms with van der Waals surface area (Å²) >= 11 is 1.46. The van der Waals surface area contributed by atoms with Crippen molar-refractivity contribution in [2.75, 3.05) is 18.8 Å². The SMILES string of the molecule is CC(C)(C)c1ccc(SCC(=O)NCC(=O)NCC2C3CCC(O3)C2C/C=C/CCCC(=O)O)cc1. The fourth-order valence-corrected chi connectivity index (χ4v) is 5.67. The lowest BCUT2D eigenvalue weighted by atomic mass is 9.77. The number of aliphatic carboxylic acids is 1. The largest absolute Gasteiger partial charge is 0.481 e. The summed E-state index contributed by atoms with van der Waals surface area (Å²) in [7, 11) is 0. The number of carboxylic acid groups (broad SMARTS) is 1. The van der Waals surface area contributed by atoms with E-state index < -0.39 is 5.97 Å². The Bertz CT molecular complexity index is 925. The number of carbonyl (C=O) groups excluding carboxylic acids is 2. The number of thioether (sulfide) groups is 1. The van der Waals surface area contributed by atoms with Gasteiger partial charge in [-0.1, -0.05) is 45.1 Å². The number of hydrogen-bond donors (Lipinski definition) is 3. The van der Waals surface area contributed by atoms with Gasteiger partial charge in [0.2, 0.25) is 11.8 Å². The molecular formula is C28H40N2O5S. The molecule has 8 heteroatoms. The van der Waals surface area contributed by atoms with E-state index in [4.69, 9.17) is 9.84 Å². The molecule has 2 heterocycles. The molecule has 2 amide bonds. The van der Waals surface area contributed by atoms with Crippen LogP contribution in [0.15, 0.2) is 41.3 Å². The second-order valence-electron chi connectivity index (χ2n) is 10.8. The molecule has 3 rings (SSSR count). The molecule has 0 radical (unpaired) electrons. The molecule has 0 spiro atoms. The average Bonchev–Trinajstić information content (AvgIpc) is 3.43. The minimum Gasteiger partial charge on any atom is -0.481 e. The Morgan fingerprint density at radius 1 is 1.03 bits per heavy atom. The van der Waals surface area contributed by atoms with Crippen molar-refractivity contribution in [1.82, 2.24) is 10.6 Å². The van der Waals surface area contributed by atoms with Gasteiger partial charge in [0.25, 0.3) is 0 Å². The van der Waals surface area contributed by atoms with Gasteiger partial charge in [-0.05, 0) is 61.1 Å². The molecule has 1 aromatic carbocycles. The highest BCUT2D eigenvalue weighted by atomic mass is 32.2. The number of carbonyl (C=O) groups is 3. The predicted octanol–water partition coefficient (Wildman–Crippen LogP) is 4.30. The van der Waals surface area contributed by atoms with E-state index in [0.29, 0.717) is 18.9 Å². The number of amides is 2. The van der Waals surface area contributed by atoms with Gasteiger partial charge in [0.1, 0.15) is 0 Å². The van der Waals surface area contributed by atoms with Crippen LogP contribution < -0.4 is 10.6 Å². The van der Waals surface area contributed by atoms with Crippen LogP contribution in [0.2, 0.25) is 0 Å². The van der Waals surface area contributed by atoms with Gasteiger partial charge in [0.15, 0.2) is 0 Å². The first kappa shape index (κ1) is 28.3. The fourth-order valence-electron chi connectivity index (χ4n) is 4.95. The number of hydrogen-bond acceptors (Lipinski definition) is 5. The van der Waals surface area contributed by atoms with Gasteiger partial charge >= 0.3 is 5.97 Å². The van der Waals surface area contributed by atoms with Crippen molar-refractivity contribution in [2.45, 2.75) is 81.8 Å². The molecule has 3 N–H and O–H groups in total. The van der Waals surface area contributed by atoms with E-state index in [1.807, 2.05) is 12.1 Å². The minimum atomic E-state index is -0.762. The zero-order valence-electron chi connectivity index (χ0n) is 21.6. The summed E-state index contributed by atoms with van der Waals surface area (Å²) < 4.78 is 6.10. The fraction of sp³-hybridized carbons (Fsp3) is 0.607. The lowest BCUT2D eigenvalue weighted by Crippen LogP contribution is -2.42. The lowest BCUT2D eigenvalue weighted by molar-refractivity contribution is -0.137. The third kappa shape index (κ3) is 8.66. The number of benzene rings is 1. The van der Waals surface area contributed by atoms with Crippen LogP contribution in [0.5, 0.6) is 0 Å². The van der Waals surface area contributed by atoms with E-state index in [2.05, 4.69) is 55.7 Å². The van der Waals surface area contributed by atoms with Crippen molar-refractivity contribution in [3.63, 3.8) is 0 Å². The van der Waals surface area contributed by atoms with E-state index in [-0.39, 0.29) is 54.1 Å². The van der Waals surface area contributed by atoms with Gasteiger partial charge < -0.3 is 20.5 Å². The smallest absolute Gasteiger partial charge is 0.303 e. The van der Waals surface area contributed by atoms with Gasteiger partial charge in [-0.15, -0.1) is 11.8 Å². The standard InChI is InChI=1S/C28H40N2O5S/c1-28(2,3)19-10-12-20(13-11-19)36-18-26(32)30-17-25(31)29-16-22-21(23-14-15-24(22)35-23)8-6-4-5-7-9-27(33)34/h4,6,10-13,21-24H,5,7-9,14-18H2,1-3H3,(H,29,31)(H,30,32)(H,33,34)/b6-4+. The summed E-state index contributed by atoms with van der Waals surface area (Å²) in [5, 5.41) is 14.4. The van der Waals surface area contributed by atoms with Gasteiger partial charge in [-0.3, -0.25) is 14.4 Å². The summed E-state index contributed by atoms with van der Waals surface area (Å²) in [4.78, 5) is 36.2. The van der Waals surface area contributed by atoms with E-state index in [9.17, 15) is 14.4 Å². The van der Waals surface area contributed by atoms with Crippen molar-refractivity contribution in [1.29, 1.82) is 0 Å². The molecule has 36 heavy (non-hydrogen) atoms. The molecule has 4 atom stereocenters. The number of allylic oxidation sites excluding steroid dienone is 2. The number of fused-ring (bicyclic) bond motifs is 2. The maximum atomic E-state index is 12.4. The van der Waals surface area contributed by atoms with E-state index in [0.717, 1.165) is 30.6 Å². The highest BCUT2D eigenvalue weighted by Gasteiger charge is 2.47. The van der Waals surface area contributed by atoms with Crippen LogP contribution in [0, 0.1) is 11.8 Å². The number of unbranched alkanes of at least 4 members (excludes halogenated alkanes) is 1. The van der Waals surface area contributed by atoms with Crippen LogP contribution >= 0.6 is 11.8 Å². The van der Waals surface area contributed by atoms with Gasteiger partial charge in [-0.2, -0.15) is 0 Å². The Morgan fingerprint density at radius 3 is 2.39 bits per heavy atom. The van der Waals surface area contributed by atoms with Crippen LogP contribution in [-0.4, -0.2) is 53.9 Å². The molecule has 2 bridgehead atoms. The van der Waals surface area contributed by atoms with Crippen molar-refractivity contribution in [3.8, 4) is 0 Å². The first-order valence-corrected chi connectivity index (χ1v) is 13.9. The van der Waals surface area contributed by atoms with Crippen molar-refractivity contribution >= 4 is 29.5 Å². The molecule has 0 aromatic heterocycles. The summed E-state index contributed by atoms with van der Waals surface area (Å²) in [6.45, 7) is 7.02. The molecule has 7 nitrogen and oxygen atoms in total. The molecule has 2 fully saturated rings. The molecule has 1 aromatic rings. The zero-order chi connectivity index (χ0) is 26.1. The predicted molar refractivity (Wildman–Crippen MR) is 142 cm³/mol. The van der Waals surface area contributed by atoms with Crippen molar-refractivity contribution in [3.05, 3.63) is 42.0 Å². The topological polar surface area (TPSA) is 105 Å². The Kier molecular flexibility index (Phi) is 10.4. The molecule has 0 saturated carbocycles. The third-order valence-corrected chi connectivity index (χ3v) is 8.01. The highest BCUT2D eigenvalue weighted by molar-refractivity contribution is 8.00. The number of carboxylic acids is 1. The quantitative estimate of drug-likeness (QED) is 0.205. The van der Waals surface area contributed by atoms with Crippen LogP contribution in [-0.2, 0) is 24.5 Å². The highest BCUT2D eigenvalue weighted by Crippen LogP contribution is 2.44. The van der Waals surface area contributed by atoms with Crippen molar-refractivity contribution < 1.29 is 24.2 Å². The normalized spacial score (nSPS) is 23.2. The second-order valence-corrected chi connectivity index (χ2v) is 11.8. The molecular weight excluding hydrogens is 476 g/mol.